The van der Waals surface area contributed by atoms with Crippen LogP contribution in [-0.4, -0.2) is 72.3 Å². The molecular formula is C26H37N5O2. The van der Waals surface area contributed by atoms with Gasteiger partial charge in [0.1, 0.15) is 12.4 Å². The maximum absolute atomic E-state index is 9.24. The minimum Gasteiger partial charge on any atom is -0.489 e. The summed E-state index contributed by atoms with van der Waals surface area (Å²) in [6.45, 7) is 5.09. The van der Waals surface area contributed by atoms with Crippen LogP contribution in [0, 0.1) is 0 Å². The van der Waals surface area contributed by atoms with E-state index in [2.05, 4.69) is 27.2 Å². The third-order valence-corrected chi connectivity index (χ3v) is 6.52. The maximum atomic E-state index is 9.24. The molecule has 33 heavy (non-hydrogen) atoms. The molecule has 0 amide bonds. The number of rotatable bonds is 7. The van der Waals surface area contributed by atoms with Crippen LogP contribution in [0.4, 0.5) is 5.69 Å². The second-order valence-corrected chi connectivity index (χ2v) is 8.94. The fraction of sp³-hybridized carbons (Fsp3) is 0.500. The Morgan fingerprint density at radius 1 is 1.00 bits per heavy atom. The molecule has 4 N–H and O–H groups in total. The van der Waals surface area contributed by atoms with Crippen LogP contribution in [0.1, 0.15) is 31.2 Å². The Kier molecular flexibility index (Phi) is 8.58. The molecule has 1 saturated heterocycles. The van der Waals surface area contributed by atoms with Gasteiger partial charge in [0.05, 0.1) is 12.6 Å². The average Bonchev–Trinajstić information content (AvgIpc) is 2.86. The predicted octanol–water partition coefficient (Wildman–Crippen LogP) is 2.91. The molecule has 0 spiro atoms. The van der Waals surface area contributed by atoms with Crippen molar-refractivity contribution in [1.82, 2.24) is 9.80 Å². The number of nitrogens with two attached hydrogens (primary N) is 1. The monoisotopic (exact) mass is 451 g/mol. The highest BCUT2D eigenvalue weighted by Gasteiger charge is 2.25. The summed E-state index contributed by atoms with van der Waals surface area (Å²) in [6.07, 6.45) is 4.47. The van der Waals surface area contributed by atoms with Crippen molar-refractivity contribution in [2.45, 2.75) is 44.4 Å². The van der Waals surface area contributed by atoms with Gasteiger partial charge >= 0.3 is 0 Å². The number of nitrogens with zero attached hydrogens (tertiary/aromatic N) is 3. The second kappa shape index (κ2) is 12.0. The number of guanidine groups is 1. The van der Waals surface area contributed by atoms with E-state index in [-0.39, 0.29) is 18.7 Å². The lowest BCUT2D eigenvalue weighted by Crippen LogP contribution is -2.52. The van der Waals surface area contributed by atoms with E-state index in [1.807, 2.05) is 42.5 Å². The molecule has 7 heteroatoms. The molecule has 0 bridgehead atoms. The molecule has 1 saturated carbocycles. The van der Waals surface area contributed by atoms with Crippen molar-refractivity contribution in [2.75, 3.05) is 44.6 Å². The zero-order chi connectivity index (χ0) is 22.9. The molecule has 1 heterocycles. The van der Waals surface area contributed by atoms with Crippen LogP contribution in [0.25, 0.3) is 0 Å². The SMILES string of the molecule is N[C@H]1CCCC[C@@H]1N=C(Nc1ccc(OCc2ccccc2)cc1)N1CCN(CCO)CC1. The van der Waals surface area contributed by atoms with Gasteiger partial charge in [-0.1, -0.05) is 43.2 Å². The largest absolute Gasteiger partial charge is 0.489 e. The van der Waals surface area contributed by atoms with E-state index in [4.69, 9.17) is 15.5 Å². The molecule has 7 nitrogen and oxygen atoms in total. The second-order valence-electron chi connectivity index (χ2n) is 8.94. The first-order valence-corrected chi connectivity index (χ1v) is 12.2. The van der Waals surface area contributed by atoms with Gasteiger partial charge in [0.2, 0.25) is 0 Å². The van der Waals surface area contributed by atoms with E-state index in [0.29, 0.717) is 6.61 Å². The Hall–Kier alpha value is -2.61. The maximum Gasteiger partial charge on any atom is 0.198 e. The molecule has 1 aliphatic heterocycles. The number of aliphatic imine (C=N–C) groups is 1. The number of nitrogens with one attached hydrogen (secondary N) is 1. The molecule has 0 unspecified atom stereocenters. The zero-order valence-corrected chi connectivity index (χ0v) is 19.4. The fourth-order valence-corrected chi connectivity index (χ4v) is 4.48. The minimum absolute atomic E-state index is 0.125. The Labute approximate surface area is 197 Å². The van der Waals surface area contributed by atoms with E-state index in [1.54, 1.807) is 0 Å². The van der Waals surface area contributed by atoms with Crippen molar-refractivity contribution in [3.63, 3.8) is 0 Å². The van der Waals surface area contributed by atoms with E-state index >= 15 is 0 Å². The molecule has 178 valence electrons. The van der Waals surface area contributed by atoms with Crippen LogP contribution in [0.2, 0.25) is 0 Å². The normalized spacial score (nSPS) is 22.2. The number of β-amino-alcohol motifs (C(OH)–C–C–N with tert-alkyl or cyclic N) is 1. The van der Waals surface area contributed by atoms with Gasteiger partial charge in [-0.3, -0.25) is 4.90 Å². The van der Waals surface area contributed by atoms with Crippen LogP contribution in [0.5, 0.6) is 5.75 Å². The molecular weight excluding hydrogens is 414 g/mol. The summed E-state index contributed by atoms with van der Waals surface area (Å²) in [7, 11) is 0. The van der Waals surface area contributed by atoms with Gasteiger partial charge in [0.15, 0.2) is 5.96 Å². The number of hydrogen-bond donors (Lipinski definition) is 3. The van der Waals surface area contributed by atoms with Gasteiger partial charge in [-0.2, -0.15) is 0 Å². The van der Waals surface area contributed by atoms with Crippen LogP contribution < -0.4 is 15.8 Å². The van der Waals surface area contributed by atoms with Crippen molar-refractivity contribution in [2.24, 2.45) is 10.7 Å². The number of hydrogen-bond acceptors (Lipinski definition) is 5. The summed E-state index contributed by atoms with van der Waals surface area (Å²) in [4.78, 5) is 9.72. The zero-order valence-electron chi connectivity index (χ0n) is 19.4. The minimum atomic E-state index is 0.125. The smallest absolute Gasteiger partial charge is 0.198 e. The van der Waals surface area contributed by atoms with E-state index < -0.39 is 0 Å². The van der Waals surface area contributed by atoms with Gasteiger partial charge in [-0.25, -0.2) is 4.99 Å². The van der Waals surface area contributed by atoms with Crippen molar-refractivity contribution in [3.05, 3.63) is 60.2 Å². The van der Waals surface area contributed by atoms with Crippen molar-refractivity contribution >= 4 is 11.6 Å². The number of anilines is 1. The standard InChI is InChI=1S/C26H37N5O2/c27-24-8-4-5-9-25(24)29-26(31-16-14-30(15-17-31)18-19-32)28-22-10-12-23(13-11-22)33-20-21-6-2-1-3-7-21/h1-3,6-7,10-13,24-25,32H,4-5,8-9,14-20,27H2,(H,28,29)/t24-,25-/m0/s1. The van der Waals surface area contributed by atoms with Crippen molar-refractivity contribution < 1.29 is 9.84 Å². The number of piperazine rings is 1. The van der Waals surface area contributed by atoms with Gasteiger partial charge in [0, 0.05) is 44.5 Å². The summed E-state index contributed by atoms with van der Waals surface area (Å²) in [6, 6.07) is 18.5. The lowest BCUT2D eigenvalue weighted by atomic mass is 9.91. The quantitative estimate of drug-likeness (QED) is 0.443. The third kappa shape index (κ3) is 6.93. The molecule has 2 aromatic carbocycles. The molecule has 0 aromatic heterocycles. The fourth-order valence-electron chi connectivity index (χ4n) is 4.48. The average molecular weight is 452 g/mol. The third-order valence-electron chi connectivity index (χ3n) is 6.52. The van der Waals surface area contributed by atoms with Crippen LogP contribution >= 0.6 is 0 Å². The molecule has 4 rings (SSSR count). The summed E-state index contributed by atoms with van der Waals surface area (Å²) < 4.78 is 5.93. The van der Waals surface area contributed by atoms with Gasteiger partial charge in [-0.15, -0.1) is 0 Å². The first-order valence-electron chi connectivity index (χ1n) is 12.2. The summed E-state index contributed by atoms with van der Waals surface area (Å²) in [5.74, 6) is 1.74. The van der Waals surface area contributed by atoms with Crippen LogP contribution in [0.3, 0.4) is 0 Å². The first kappa shape index (κ1) is 23.5. The summed E-state index contributed by atoms with van der Waals surface area (Å²) in [5.41, 5.74) is 8.55. The lowest BCUT2D eigenvalue weighted by Gasteiger charge is -2.37. The molecule has 0 radical (unpaired) electrons. The van der Waals surface area contributed by atoms with Gasteiger partial charge in [0.25, 0.3) is 0 Å². The highest BCUT2D eigenvalue weighted by atomic mass is 16.5. The van der Waals surface area contributed by atoms with E-state index in [9.17, 15) is 5.11 Å². The van der Waals surface area contributed by atoms with Gasteiger partial charge in [-0.05, 0) is 42.7 Å². The lowest BCUT2D eigenvalue weighted by molar-refractivity contribution is 0.146. The predicted molar refractivity (Wildman–Crippen MR) is 134 cm³/mol. The summed E-state index contributed by atoms with van der Waals surface area (Å²) in [5, 5.41) is 12.8. The number of aliphatic hydroxyl groups excluding tert-OH is 1. The first-order chi connectivity index (χ1) is 16.2. The van der Waals surface area contributed by atoms with Crippen molar-refractivity contribution in [1.29, 1.82) is 0 Å². The molecule has 1 aliphatic carbocycles. The topological polar surface area (TPSA) is 86.4 Å². The number of aliphatic hydroxyl groups is 1. The van der Waals surface area contributed by atoms with E-state index in [0.717, 1.165) is 68.5 Å². The Bertz CT molecular complexity index is 866. The highest BCUT2D eigenvalue weighted by molar-refractivity contribution is 5.94. The molecule has 2 aliphatic rings. The summed E-state index contributed by atoms with van der Waals surface area (Å²) >= 11 is 0. The van der Waals surface area contributed by atoms with E-state index in [1.165, 1.54) is 12.8 Å². The van der Waals surface area contributed by atoms with Crippen molar-refractivity contribution in [3.8, 4) is 5.75 Å². The van der Waals surface area contributed by atoms with Crippen LogP contribution in [-0.2, 0) is 6.61 Å². The van der Waals surface area contributed by atoms with Crippen LogP contribution in [0.15, 0.2) is 59.6 Å². The van der Waals surface area contributed by atoms with Gasteiger partial charge < -0.3 is 25.8 Å². The highest BCUT2D eigenvalue weighted by Crippen LogP contribution is 2.22. The molecule has 2 fully saturated rings. The Morgan fingerprint density at radius 2 is 1.73 bits per heavy atom. The number of ether oxygens (including phenoxy) is 1. The Balaban J connectivity index is 1.42. The molecule has 2 aromatic rings. The molecule has 2 atom stereocenters. The number of benzene rings is 2. The Morgan fingerprint density at radius 3 is 2.42 bits per heavy atom.